The molecule has 0 aliphatic heterocycles. The molecule has 58 valence electrons. The van der Waals surface area contributed by atoms with E-state index in [2.05, 4.69) is 6.30 Å². The lowest BCUT2D eigenvalue weighted by Gasteiger charge is -2.05. The number of ether oxygens (including phenoxy) is 1. The molecule has 0 aromatic rings. The van der Waals surface area contributed by atoms with Crippen LogP contribution < -0.4 is 0 Å². The Morgan fingerprint density at radius 2 is 2.40 bits per heavy atom. The van der Waals surface area contributed by atoms with Gasteiger partial charge in [0, 0.05) is 6.16 Å². The maximum Gasteiger partial charge on any atom is 0.309 e. The third-order valence-corrected chi connectivity index (χ3v) is 1.90. The zero-order valence-corrected chi connectivity index (χ0v) is 7.36. The highest BCUT2D eigenvalue weighted by Gasteiger charge is 2.10. The van der Waals surface area contributed by atoms with E-state index in [4.69, 9.17) is 4.74 Å². The molecule has 0 amide bonds. The van der Waals surface area contributed by atoms with Gasteiger partial charge in [-0.2, -0.15) is 0 Å². The quantitative estimate of drug-likeness (QED) is 0.461. The van der Waals surface area contributed by atoms with E-state index >= 15 is 0 Å². The summed E-state index contributed by atoms with van der Waals surface area (Å²) in [5.41, 5.74) is 0. The van der Waals surface area contributed by atoms with Crippen LogP contribution in [0.15, 0.2) is 0 Å². The monoisotopic (exact) mass is 160 g/mol. The first-order valence-corrected chi connectivity index (χ1v) is 4.58. The molecule has 10 heavy (non-hydrogen) atoms. The smallest absolute Gasteiger partial charge is 0.309 e. The molecule has 0 saturated carbocycles. The van der Waals surface area contributed by atoms with Gasteiger partial charge in [0.2, 0.25) is 0 Å². The second kappa shape index (κ2) is 5.43. The molecule has 0 rings (SSSR count). The van der Waals surface area contributed by atoms with Gasteiger partial charge >= 0.3 is 5.97 Å². The van der Waals surface area contributed by atoms with Crippen LogP contribution in [-0.2, 0) is 9.53 Å². The number of carbonyl (C=O) groups excluding carboxylic acids is 1. The van der Waals surface area contributed by atoms with Crippen molar-refractivity contribution in [2.75, 3.05) is 12.8 Å². The second-order valence-electron chi connectivity index (χ2n) is 2.06. The van der Waals surface area contributed by atoms with Crippen molar-refractivity contribution < 1.29 is 9.53 Å². The maximum atomic E-state index is 10.9. The maximum absolute atomic E-state index is 10.9. The summed E-state index contributed by atoms with van der Waals surface area (Å²) in [7, 11) is 0.999. The van der Waals surface area contributed by atoms with Gasteiger partial charge in [0.05, 0.1) is 12.5 Å². The van der Waals surface area contributed by atoms with Crippen molar-refractivity contribution >= 4 is 20.5 Å². The van der Waals surface area contributed by atoms with Crippen molar-refractivity contribution in [1.29, 1.82) is 0 Å². The van der Waals surface area contributed by atoms with Gasteiger partial charge in [-0.15, -0.1) is 8.20 Å². The average Bonchev–Trinajstić information content (AvgIpc) is 1.89. The summed E-state index contributed by atoms with van der Waals surface area (Å²) in [6, 6.07) is 0. The van der Waals surface area contributed by atoms with Gasteiger partial charge in [-0.1, -0.05) is 13.2 Å². The van der Waals surface area contributed by atoms with Crippen molar-refractivity contribution in [2.45, 2.75) is 13.8 Å². The van der Waals surface area contributed by atoms with Crippen molar-refractivity contribution in [1.82, 2.24) is 0 Å². The van der Waals surface area contributed by atoms with E-state index in [0.717, 1.165) is 14.4 Å². The van der Waals surface area contributed by atoms with Gasteiger partial charge in [0.15, 0.2) is 0 Å². The van der Waals surface area contributed by atoms with Gasteiger partial charge < -0.3 is 4.74 Å². The summed E-state index contributed by atoms with van der Waals surface area (Å²) in [4.78, 5) is 10.9. The lowest BCUT2D eigenvalue weighted by Crippen LogP contribution is -2.15. The highest BCUT2D eigenvalue weighted by molar-refractivity contribution is 7.36. The van der Waals surface area contributed by atoms with E-state index in [9.17, 15) is 4.79 Å². The van der Waals surface area contributed by atoms with E-state index in [1.807, 2.05) is 13.8 Å². The van der Waals surface area contributed by atoms with Crippen molar-refractivity contribution in [3.63, 3.8) is 0 Å². The summed E-state index contributed by atoms with van der Waals surface area (Å²) < 4.78 is 4.79. The molecular formula is C7H13O2P. The Morgan fingerprint density at radius 3 is 2.80 bits per heavy atom. The molecule has 0 radical (unpaired) electrons. The van der Waals surface area contributed by atoms with E-state index < -0.39 is 0 Å². The summed E-state index contributed by atoms with van der Waals surface area (Å²) >= 11 is 0. The third kappa shape index (κ3) is 3.62. The molecule has 1 atom stereocenters. The summed E-state index contributed by atoms with van der Waals surface area (Å²) in [6.07, 6.45) is 4.42. The standard InChI is InChI=1S/C7H13O2P/c1-4-9-7(8)6(2)5-10-3/h6H,3-5H2,1-2H3. The van der Waals surface area contributed by atoms with Gasteiger partial charge in [-0.05, 0) is 6.92 Å². The molecule has 0 aromatic carbocycles. The highest BCUT2D eigenvalue weighted by Crippen LogP contribution is 2.05. The largest absolute Gasteiger partial charge is 0.466 e. The second-order valence-corrected chi connectivity index (χ2v) is 2.87. The molecule has 0 aliphatic rings. The molecule has 0 aliphatic carbocycles. The van der Waals surface area contributed by atoms with E-state index in [0.29, 0.717) is 6.61 Å². The van der Waals surface area contributed by atoms with Crippen molar-refractivity contribution in [2.24, 2.45) is 5.92 Å². The molecule has 0 heterocycles. The molecule has 0 N–H and O–H groups in total. The minimum absolute atomic E-state index is 0.000818. The number of rotatable bonds is 4. The van der Waals surface area contributed by atoms with Gasteiger partial charge in [0.1, 0.15) is 0 Å². The SMILES string of the molecule is C=PCC(C)C(=O)OCC. The van der Waals surface area contributed by atoms with Crippen molar-refractivity contribution in [3.05, 3.63) is 0 Å². The van der Waals surface area contributed by atoms with E-state index in [1.165, 1.54) is 0 Å². The zero-order chi connectivity index (χ0) is 7.98. The molecule has 3 heteroatoms. The molecule has 0 fully saturated rings. The van der Waals surface area contributed by atoms with Crippen LogP contribution in [0.1, 0.15) is 13.8 Å². The first-order valence-electron chi connectivity index (χ1n) is 3.31. The van der Waals surface area contributed by atoms with Crippen LogP contribution in [0.2, 0.25) is 0 Å². The van der Waals surface area contributed by atoms with Crippen LogP contribution in [0.3, 0.4) is 0 Å². The summed E-state index contributed by atoms with van der Waals surface area (Å²) in [6.45, 7) is 4.14. The fraction of sp³-hybridized carbons (Fsp3) is 0.714. The first-order chi connectivity index (χ1) is 4.72. The third-order valence-electron chi connectivity index (χ3n) is 1.09. The van der Waals surface area contributed by atoms with E-state index in [-0.39, 0.29) is 11.9 Å². The zero-order valence-electron chi connectivity index (χ0n) is 6.46. The fourth-order valence-corrected chi connectivity index (χ4v) is 1.09. The molecule has 0 bridgehead atoms. The Hall–Kier alpha value is -0.360. The van der Waals surface area contributed by atoms with Crippen molar-refractivity contribution in [3.8, 4) is 0 Å². The molecule has 0 aromatic heterocycles. The highest BCUT2D eigenvalue weighted by atomic mass is 31.1. The van der Waals surface area contributed by atoms with Gasteiger partial charge in [-0.3, -0.25) is 4.79 Å². The Labute approximate surface area is 63.4 Å². The molecule has 0 spiro atoms. The Bertz CT molecular complexity index is 123. The van der Waals surface area contributed by atoms with Crippen LogP contribution >= 0.6 is 8.20 Å². The van der Waals surface area contributed by atoms with Crippen LogP contribution in [0.5, 0.6) is 0 Å². The summed E-state index contributed by atoms with van der Waals surface area (Å²) in [5.74, 6) is -0.113. The molecule has 2 nitrogen and oxygen atoms in total. The van der Waals surface area contributed by atoms with Crippen LogP contribution in [0.25, 0.3) is 0 Å². The number of esters is 1. The van der Waals surface area contributed by atoms with Crippen LogP contribution in [-0.4, -0.2) is 25.0 Å². The molecule has 0 saturated heterocycles. The topological polar surface area (TPSA) is 26.3 Å². The lowest BCUT2D eigenvalue weighted by molar-refractivity contribution is -0.146. The van der Waals surface area contributed by atoms with Crippen LogP contribution in [0.4, 0.5) is 0 Å². The van der Waals surface area contributed by atoms with Gasteiger partial charge in [-0.25, -0.2) is 0 Å². The Balaban J connectivity index is 3.58. The Morgan fingerprint density at radius 1 is 1.80 bits per heavy atom. The number of hydrogen-bond acceptors (Lipinski definition) is 2. The molecular weight excluding hydrogens is 147 g/mol. The lowest BCUT2D eigenvalue weighted by atomic mass is 10.2. The number of carbonyl (C=O) groups is 1. The van der Waals surface area contributed by atoms with Gasteiger partial charge in [0.25, 0.3) is 0 Å². The molecule has 1 unspecified atom stereocenters. The Kier molecular flexibility index (Phi) is 5.23. The first kappa shape index (κ1) is 9.64. The average molecular weight is 160 g/mol. The minimum atomic E-state index is -0.112. The predicted octanol–water partition coefficient (Wildman–Crippen LogP) is 1.56. The van der Waals surface area contributed by atoms with Crippen LogP contribution in [0, 0.1) is 5.92 Å². The predicted molar refractivity (Wildman–Crippen MR) is 44.7 cm³/mol. The minimum Gasteiger partial charge on any atom is -0.466 e. The summed E-state index contributed by atoms with van der Waals surface area (Å²) in [5, 5.41) is 0. The normalized spacial score (nSPS) is 13.0. The fourth-order valence-electron chi connectivity index (χ4n) is 0.553. The number of hydrogen-bond donors (Lipinski definition) is 0. The van der Waals surface area contributed by atoms with E-state index in [1.54, 1.807) is 0 Å².